The van der Waals surface area contributed by atoms with Gasteiger partial charge in [0.1, 0.15) is 0 Å². The first kappa shape index (κ1) is 7.33. The normalized spacial score (nSPS) is 11.4. The van der Waals surface area contributed by atoms with Crippen molar-refractivity contribution in [1.29, 1.82) is 0 Å². The molecule has 0 unspecified atom stereocenters. The first-order valence-electron chi connectivity index (χ1n) is 2.10. The van der Waals surface area contributed by atoms with Crippen LogP contribution in [0.1, 0.15) is 13.3 Å². The fourth-order valence-electron chi connectivity index (χ4n) is 0.144. The van der Waals surface area contributed by atoms with Gasteiger partial charge in [0.2, 0.25) is 0 Å². The zero-order valence-corrected chi connectivity index (χ0v) is 4.28. The summed E-state index contributed by atoms with van der Waals surface area (Å²) >= 11 is 0. The number of carbonyl (C=O) groups excluding carboxylic acids is 1. The van der Waals surface area contributed by atoms with Crippen molar-refractivity contribution >= 4 is 5.97 Å². The van der Waals surface area contributed by atoms with Crippen LogP contribution >= 0.6 is 0 Å². The maximum absolute atomic E-state index is 11.6. The summed E-state index contributed by atoms with van der Waals surface area (Å²) in [6, 6.07) is 0. The van der Waals surface area contributed by atoms with Gasteiger partial charge in [0.25, 0.3) is 0 Å². The van der Waals surface area contributed by atoms with Gasteiger partial charge >= 0.3 is 11.9 Å². The molecule has 1 radical (unpaired) electrons. The summed E-state index contributed by atoms with van der Waals surface area (Å²) < 4.78 is 23.2. The molecule has 0 aliphatic rings. The molecule has 8 heavy (non-hydrogen) atoms. The lowest BCUT2D eigenvalue weighted by Crippen LogP contribution is -2.25. The molecule has 0 aromatic heterocycles. The fourth-order valence-corrected chi connectivity index (χ4v) is 0.144. The lowest BCUT2D eigenvalue weighted by molar-refractivity contribution is -0.172. The molecular formula is C4H5F2O2. The highest BCUT2D eigenvalue weighted by Gasteiger charge is 2.37. The molecule has 0 spiro atoms. The Kier molecular flexibility index (Phi) is 1.89. The summed E-state index contributed by atoms with van der Waals surface area (Å²) in [4.78, 5) is 9.39. The number of halogens is 2. The van der Waals surface area contributed by atoms with E-state index in [1.54, 1.807) is 0 Å². The van der Waals surface area contributed by atoms with Crippen LogP contribution < -0.4 is 0 Å². The molecule has 0 aliphatic heterocycles. The van der Waals surface area contributed by atoms with Crippen LogP contribution in [-0.2, 0) is 9.90 Å². The largest absolute Gasteiger partial charge is 0.424 e. The summed E-state index contributed by atoms with van der Waals surface area (Å²) in [5.74, 6) is -5.96. The van der Waals surface area contributed by atoms with Crippen LogP contribution in [0.2, 0.25) is 0 Å². The van der Waals surface area contributed by atoms with E-state index in [9.17, 15) is 18.7 Å². The van der Waals surface area contributed by atoms with E-state index in [1.165, 1.54) is 0 Å². The van der Waals surface area contributed by atoms with Gasteiger partial charge in [0, 0.05) is 6.42 Å². The third-order valence-electron chi connectivity index (χ3n) is 0.743. The van der Waals surface area contributed by atoms with Crippen molar-refractivity contribution in [3.8, 4) is 0 Å². The van der Waals surface area contributed by atoms with E-state index in [0.29, 0.717) is 0 Å². The van der Waals surface area contributed by atoms with Crippen LogP contribution in [0.5, 0.6) is 0 Å². The smallest absolute Gasteiger partial charge is 0.240 e. The predicted molar refractivity (Wildman–Crippen MR) is 20.9 cm³/mol. The van der Waals surface area contributed by atoms with Crippen molar-refractivity contribution in [3.63, 3.8) is 0 Å². The van der Waals surface area contributed by atoms with Crippen LogP contribution in [0.25, 0.3) is 0 Å². The lowest BCUT2D eigenvalue weighted by Gasteiger charge is -2.02. The van der Waals surface area contributed by atoms with Gasteiger partial charge < -0.3 is 0 Å². The molecule has 0 rings (SSSR count). The van der Waals surface area contributed by atoms with E-state index in [2.05, 4.69) is 0 Å². The molecule has 4 heteroatoms. The SMILES string of the molecule is CCC(F)(F)C([O])=O. The average molecular weight is 123 g/mol. The molecular weight excluding hydrogens is 118 g/mol. The summed E-state index contributed by atoms with van der Waals surface area (Å²) in [5.41, 5.74) is 0. The summed E-state index contributed by atoms with van der Waals surface area (Å²) in [6.07, 6.45) is -0.713. The zero-order chi connectivity index (χ0) is 6.78. The molecule has 0 amide bonds. The second-order valence-electron chi connectivity index (χ2n) is 1.35. The fraction of sp³-hybridized carbons (Fsp3) is 0.750. The van der Waals surface area contributed by atoms with E-state index in [1.807, 2.05) is 0 Å². The van der Waals surface area contributed by atoms with Crippen LogP contribution in [-0.4, -0.2) is 11.9 Å². The molecule has 0 saturated heterocycles. The number of hydrogen-bond donors (Lipinski definition) is 0. The standard InChI is InChI=1S/C4H5F2O2/c1-2-4(5,6)3(7)8/h2H2,1H3. The van der Waals surface area contributed by atoms with Gasteiger partial charge in [-0.15, -0.1) is 0 Å². The molecule has 0 bridgehead atoms. The molecule has 0 N–H and O–H groups in total. The summed E-state index contributed by atoms with van der Waals surface area (Å²) in [6.45, 7) is 1.08. The lowest BCUT2D eigenvalue weighted by atomic mass is 10.3. The molecule has 0 atom stereocenters. The maximum atomic E-state index is 11.6. The Hall–Kier alpha value is -0.670. The van der Waals surface area contributed by atoms with E-state index in [-0.39, 0.29) is 0 Å². The molecule has 0 aromatic rings. The van der Waals surface area contributed by atoms with Crippen LogP contribution in [0.15, 0.2) is 0 Å². The van der Waals surface area contributed by atoms with Crippen molar-refractivity contribution in [1.82, 2.24) is 0 Å². The molecule has 0 fully saturated rings. The van der Waals surface area contributed by atoms with Crippen molar-refractivity contribution < 1.29 is 18.7 Å². The Balaban J connectivity index is 3.91. The third kappa shape index (κ3) is 1.44. The first-order valence-corrected chi connectivity index (χ1v) is 2.10. The minimum absolute atomic E-state index is 0.713. The Morgan fingerprint density at radius 3 is 2.00 bits per heavy atom. The van der Waals surface area contributed by atoms with E-state index in [4.69, 9.17) is 0 Å². The molecule has 0 aromatic carbocycles. The topological polar surface area (TPSA) is 37.0 Å². The van der Waals surface area contributed by atoms with Crippen LogP contribution in [0, 0.1) is 0 Å². The van der Waals surface area contributed by atoms with Gasteiger partial charge in [-0.3, -0.25) is 0 Å². The highest BCUT2D eigenvalue weighted by atomic mass is 19.3. The van der Waals surface area contributed by atoms with E-state index in [0.717, 1.165) is 6.92 Å². The van der Waals surface area contributed by atoms with E-state index < -0.39 is 18.3 Å². The number of carbonyl (C=O) groups is 1. The van der Waals surface area contributed by atoms with Gasteiger partial charge in [-0.05, 0) is 0 Å². The van der Waals surface area contributed by atoms with Crippen molar-refractivity contribution in [3.05, 3.63) is 0 Å². The minimum Gasteiger partial charge on any atom is -0.240 e. The monoisotopic (exact) mass is 123 g/mol. The van der Waals surface area contributed by atoms with Crippen LogP contribution in [0.3, 0.4) is 0 Å². The van der Waals surface area contributed by atoms with Gasteiger partial charge in [0.15, 0.2) is 0 Å². The summed E-state index contributed by atoms with van der Waals surface area (Å²) in [5, 5.41) is 9.39. The summed E-state index contributed by atoms with van der Waals surface area (Å²) in [7, 11) is 0. The predicted octanol–water partition coefficient (Wildman–Crippen LogP) is 0.989. The van der Waals surface area contributed by atoms with Gasteiger partial charge in [-0.25, -0.2) is 9.90 Å². The van der Waals surface area contributed by atoms with Gasteiger partial charge in [0.05, 0.1) is 0 Å². The van der Waals surface area contributed by atoms with Crippen molar-refractivity contribution in [2.24, 2.45) is 0 Å². The first-order chi connectivity index (χ1) is 3.50. The molecule has 0 heterocycles. The highest BCUT2D eigenvalue weighted by molar-refractivity contribution is 5.74. The minimum atomic E-state index is -3.65. The van der Waals surface area contributed by atoms with Gasteiger partial charge in [-0.2, -0.15) is 8.78 Å². The number of alkyl halides is 2. The molecule has 2 nitrogen and oxygen atoms in total. The third-order valence-corrected chi connectivity index (χ3v) is 0.743. The highest BCUT2D eigenvalue weighted by Crippen LogP contribution is 2.16. The average Bonchev–Trinajstić information content (AvgIpc) is 1.67. The Bertz CT molecular complexity index is 100. The molecule has 0 aliphatic carbocycles. The second-order valence-corrected chi connectivity index (χ2v) is 1.35. The number of rotatable bonds is 2. The Labute approximate surface area is 45.1 Å². The Morgan fingerprint density at radius 2 is 2.00 bits per heavy atom. The maximum Gasteiger partial charge on any atom is 0.424 e. The second kappa shape index (κ2) is 2.07. The quantitative estimate of drug-likeness (QED) is 0.539. The Morgan fingerprint density at radius 1 is 1.62 bits per heavy atom. The molecule has 0 saturated carbocycles. The van der Waals surface area contributed by atoms with E-state index >= 15 is 0 Å². The van der Waals surface area contributed by atoms with Gasteiger partial charge in [-0.1, -0.05) is 6.92 Å². The van der Waals surface area contributed by atoms with Crippen molar-refractivity contribution in [2.75, 3.05) is 0 Å². The van der Waals surface area contributed by atoms with Crippen molar-refractivity contribution in [2.45, 2.75) is 19.3 Å². The van der Waals surface area contributed by atoms with Crippen LogP contribution in [0.4, 0.5) is 8.78 Å². The molecule has 47 valence electrons. The number of hydrogen-bond acceptors (Lipinski definition) is 1. The zero-order valence-electron chi connectivity index (χ0n) is 4.28.